The van der Waals surface area contributed by atoms with Crippen molar-refractivity contribution >= 4 is 7.87 Å². The van der Waals surface area contributed by atoms with Crippen LogP contribution in [0.3, 0.4) is 0 Å². The van der Waals surface area contributed by atoms with Crippen LogP contribution in [0.1, 0.15) is 128 Å². The maximum absolute atomic E-state index is 3.02. The molecule has 0 aromatic carbocycles. The van der Waals surface area contributed by atoms with Gasteiger partial charge in [0.05, 0.1) is 0 Å². The quantitative estimate of drug-likeness (QED) is 0.243. The first-order valence-corrected chi connectivity index (χ1v) is 17.1. The lowest BCUT2D eigenvalue weighted by atomic mass is 9.96. The normalized spacial score (nSPS) is 28.1. The Hall–Kier alpha value is 0.01000. The van der Waals surface area contributed by atoms with Crippen LogP contribution in [0.4, 0.5) is 0 Å². The van der Waals surface area contributed by atoms with Crippen molar-refractivity contribution in [2.24, 2.45) is 0 Å². The van der Waals surface area contributed by atoms with E-state index in [1.165, 1.54) is 128 Å². The summed E-state index contributed by atoms with van der Waals surface area (Å²) >= 11 is 0. The van der Waals surface area contributed by atoms with E-state index in [1.807, 2.05) is 0 Å². The van der Waals surface area contributed by atoms with Crippen molar-refractivity contribution in [3.8, 4) is 0 Å². The topological polar surface area (TPSA) is 13.0 Å². The Morgan fingerprint density at radius 2 is 0.714 bits per heavy atom. The van der Waals surface area contributed by atoms with Crippen LogP contribution in [-0.2, 0) is 0 Å². The summed E-state index contributed by atoms with van der Waals surface area (Å²) in [6.07, 6.45) is 32.7. The Morgan fingerprint density at radius 1 is 0.400 bits per heavy atom. The number of rotatable bonds is 8. The van der Waals surface area contributed by atoms with Crippen molar-refractivity contribution in [2.75, 3.05) is 28.2 Å². The van der Waals surface area contributed by atoms with Gasteiger partial charge in [-0.2, -0.15) is 0 Å². The monoisotopic (exact) mass is 505 g/mol. The molecule has 4 aliphatic carbocycles. The number of allylic oxidation sites excluding steroid dienone is 2. The molecule has 1 unspecified atom stereocenters. The van der Waals surface area contributed by atoms with E-state index in [4.69, 9.17) is 0 Å². The fourth-order valence-electron chi connectivity index (χ4n) is 8.09. The highest BCUT2D eigenvalue weighted by molar-refractivity contribution is 7.66. The SMILES string of the molecule is CN(C1CC/C=C\CCC1)[P+](N(C)C1CCCCC1)(N(C)C1CCCCC1)N(C)C1CCCCC1. The van der Waals surface area contributed by atoms with Crippen LogP contribution in [0.5, 0.6) is 0 Å². The molecule has 1 atom stereocenters. The van der Waals surface area contributed by atoms with Gasteiger partial charge in [0.25, 0.3) is 0 Å². The lowest BCUT2D eigenvalue weighted by molar-refractivity contribution is 0.155. The van der Waals surface area contributed by atoms with Gasteiger partial charge < -0.3 is 0 Å². The zero-order chi connectivity index (χ0) is 24.7. The third kappa shape index (κ3) is 6.36. The van der Waals surface area contributed by atoms with E-state index >= 15 is 0 Å². The van der Waals surface area contributed by atoms with Crippen LogP contribution < -0.4 is 0 Å². The van der Waals surface area contributed by atoms with Crippen LogP contribution in [0, 0.1) is 0 Å². The second-order valence-electron chi connectivity index (χ2n) is 12.3. The van der Waals surface area contributed by atoms with Crippen molar-refractivity contribution in [3.63, 3.8) is 0 Å². The molecule has 0 heterocycles. The molecule has 0 aromatic rings. The lowest BCUT2D eigenvalue weighted by Crippen LogP contribution is -2.58. The van der Waals surface area contributed by atoms with Gasteiger partial charge in [0, 0.05) is 52.4 Å². The molecule has 35 heavy (non-hydrogen) atoms. The van der Waals surface area contributed by atoms with E-state index in [9.17, 15) is 0 Å². The summed E-state index contributed by atoms with van der Waals surface area (Å²) in [6.45, 7) is 0. The molecule has 4 nitrogen and oxygen atoms in total. The summed E-state index contributed by atoms with van der Waals surface area (Å²) < 4.78 is 12.1. The highest BCUT2D eigenvalue weighted by atomic mass is 31.2. The van der Waals surface area contributed by atoms with E-state index in [-0.39, 0.29) is 0 Å². The van der Waals surface area contributed by atoms with Gasteiger partial charge in [0.15, 0.2) is 0 Å². The lowest BCUT2D eigenvalue weighted by Gasteiger charge is -2.55. The first kappa shape index (κ1) is 28.0. The Bertz CT molecular complexity index is 576. The molecule has 5 heteroatoms. The van der Waals surface area contributed by atoms with Gasteiger partial charge in [-0.15, -0.1) is 18.7 Å². The van der Waals surface area contributed by atoms with Crippen molar-refractivity contribution < 1.29 is 0 Å². The van der Waals surface area contributed by atoms with Gasteiger partial charge in [0.2, 0.25) is 0 Å². The minimum absolute atomic E-state index is 0.691. The minimum Gasteiger partial charge on any atom is -0.133 e. The molecule has 202 valence electrons. The van der Waals surface area contributed by atoms with Crippen LogP contribution in [0.25, 0.3) is 0 Å². The molecule has 0 aliphatic heterocycles. The minimum atomic E-state index is -1.86. The molecule has 4 rings (SSSR count). The largest absolute Gasteiger partial charge is 0.308 e. The first-order valence-electron chi connectivity index (χ1n) is 15.5. The zero-order valence-corrected chi connectivity index (χ0v) is 24.7. The van der Waals surface area contributed by atoms with Gasteiger partial charge in [-0.05, 0) is 70.6 Å². The molecular formula is C30H58N4P+. The van der Waals surface area contributed by atoms with E-state index in [2.05, 4.69) is 59.0 Å². The van der Waals surface area contributed by atoms with Crippen molar-refractivity contribution in [3.05, 3.63) is 12.2 Å². The predicted octanol–water partition coefficient (Wildman–Crippen LogP) is 8.28. The molecule has 0 amide bonds. The maximum Gasteiger partial charge on any atom is 0.308 e. The Morgan fingerprint density at radius 3 is 1.11 bits per heavy atom. The Kier molecular flexibility index (Phi) is 11.0. The fourth-order valence-corrected chi connectivity index (χ4v) is 13.4. The van der Waals surface area contributed by atoms with Crippen molar-refractivity contribution in [2.45, 2.75) is 153 Å². The van der Waals surface area contributed by atoms with E-state index in [1.54, 1.807) is 0 Å². The highest BCUT2D eigenvalue weighted by Gasteiger charge is 2.62. The fraction of sp³-hybridized carbons (Fsp3) is 0.933. The summed E-state index contributed by atoms with van der Waals surface area (Å²) in [5, 5.41) is 0. The molecule has 3 saturated carbocycles. The summed E-state index contributed by atoms with van der Waals surface area (Å²) in [5.74, 6) is 0. The number of nitrogens with zero attached hydrogens (tertiary/aromatic N) is 4. The Labute approximate surface area is 219 Å². The van der Waals surface area contributed by atoms with Gasteiger partial charge in [0.1, 0.15) is 0 Å². The summed E-state index contributed by atoms with van der Waals surface area (Å²) in [4.78, 5) is 0. The molecular weight excluding hydrogens is 447 g/mol. The van der Waals surface area contributed by atoms with Crippen LogP contribution >= 0.6 is 7.87 Å². The maximum atomic E-state index is 3.02. The average molecular weight is 506 g/mol. The summed E-state index contributed by atoms with van der Waals surface area (Å²) in [7, 11) is 8.43. The smallest absolute Gasteiger partial charge is 0.133 e. The molecule has 4 aliphatic rings. The van der Waals surface area contributed by atoms with Crippen molar-refractivity contribution in [1.82, 2.24) is 18.7 Å². The Balaban J connectivity index is 1.76. The number of hydrogen-bond acceptors (Lipinski definition) is 4. The van der Waals surface area contributed by atoms with E-state index < -0.39 is 7.87 Å². The highest BCUT2D eigenvalue weighted by Crippen LogP contribution is 2.72. The molecule has 0 spiro atoms. The number of hydrogen-bond donors (Lipinski definition) is 0. The molecule has 0 aromatic heterocycles. The second-order valence-corrected chi connectivity index (χ2v) is 15.9. The molecule has 0 bridgehead atoms. The first-order chi connectivity index (χ1) is 17.1. The summed E-state index contributed by atoms with van der Waals surface area (Å²) in [5.41, 5.74) is 0. The standard InChI is InChI=1S/C30H58N4P/c1-31(27-19-11-6-5-7-12-20-27)35(32(2)28-21-13-8-14-22-28,33(3)29-23-15-9-16-24-29)34(4)30-25-17-10-18-26-30/h5-6,27-30H,7-26H2,1-4H3/q+1/b6-5-. The van der Waals surface area contributed by atoms with Crippen molar-refractivity contribution in [1.29, 1.82) is 0 Å². The van der Waals surface area contributed by atoms with Gasteiger partial charge >= 0.3 is 7.87 Å². The van der Waals surface area contributed by atoms with Crippen LogP contribution in [0.15, 0.2) is 12.2 Å². The summed E-state index contributed by atoms with van der Waals surface area (Å²) in [6, 6.07) is 2.91. The van der Waals surface area contributed by atoms with E-state index in [0.717, 1.165) is 18.1 Å². The van der Waals surface area contributed by atoms with Gasteiger partial charge in [-0.25, -0.2) is 0 Å². The van der Waals surface area contributed by atoms with E-state index in [0.29, 0.717) is 6.04 Å². The molecule has 0 radical (unpaired) electrons. The van der Waals surface area contributed by atoms with Gasteiger partial charge in [-0.1, -0.05) is 69.9 Å². The van der Waals surface area contributed by atoms with Gasteiger partial charge in [-0.3, -0.25) is 0 Å². The zero-order valence-electron chi connectivity index (χ0n) is 23.8. The van der Waals surface area contributed by atoms with Crippen LogP contribution in [0.2, 0.25) is 0 Å². The predicted molar refractivity (Wildman–Crippen MR) is 155 cm³/mol. The molecule has 0 saturated heterocycles. The third-order valence-electron chi connectivity index (χ3n) is 10.3. The molecule has 3 fully saturated rings. The molecule has 0 N–H and O–H groups in total. The van der Waals surface area contributed by atoms with Crippen LogP contribution in [-0.4, -0.2) is 71.0 Å². The second kappa shape index (κ2) is 13.7. The average Bonchev–Trinajstić information content (AvgIpc) is 2.90. The third-order valence-corrected chi connectivity index (χ3v) is 15.0.